The third-order valence-corrected chi connectivity index (χ3v) is 10.4. The maximum absolute atomic E-state index is 10.8. The highest BCUT2D eigenvalue weighted by Gasteiger charge is 2.35. The molecule has 2 aliphatic carbocycles. The van der Waals surface area contributed by atoms with Gasteiger partial charge < -0.3 is 35.5 Å². The van der Waals surface area contributed by atoms with Gasteiger partial charge >= 0.3 is 23.9 Å². The van der Waals surface area contributed by atoms with Crippen LogP contribution in [0.25, 0.3) is 0 Å². The summed E-state index contributed by atoms with van der Waals surface area (Å²) in [5.41, 5.74) is -1.90. The van der Waals surface area contributed by atoms with Crippen molar-refractivity contribution in [2.75, 3.05) is 52.4 Å². The highest BCUT2D eigenvalue weighted by atomic mass is 16.4. The lowest BCUT2D eigenvalue weighted by Gasteiger charge is -2.23. The van der Waals surface area contributed by atoms with E-state index in [1.54, 1.807) is 0 Å². The van der Waals surface area contributed by atoms with Crippen molar-refractivity contribution in [3.8, 4) is 0 Å². The SMILES string of the molecule is C1CCNC1.CC1(C(=O)O)C=CC=C(C(=O)O)C1.CC1(C(=O)O)C=CC=C(C(=O)O)C1.CCCCCCCN1CCCC1.CCCCCCN1CCCC1. The van der Waals surface area contributed by atoms with Gasteiger partial charge in [-0.3, -0.25) is 9.59 Å². The highest BCUT2D eigenvalue weighted by Crippen LogP contribution is 2.32. The van der Waals surface area contributed by atoms with Crippen molar-refractivity contribution in [2.24, 2.45) is 10.8 Å². The van der Waals surface area contributed by atoms with Crippen LogP contribution in [0.1, 0.15) is 137 Å². The number of aliphatic carboxylic acids is 4. The smallest absolute Gasteiger partial charge is 0.331 e. The first-order chi connectivity index (χ1) is 25.8. The van der Waals surface area contributed by atoms with Gasteiger partial charge in [-0.2, -0.15) is 0 Å². The van der Waals surface area contributed by atoms with Crippen LogP contribution in [0.5, 0.6) is 0 Å². The summed E-state index contributed by atoms with van der Waals surface area (Å²) in [4.78, 5) is 47.9. The molecular weight excluding hydrogens is 686 g/mol. The topological polar surface area (TPSA) is 168 Å². The molecule has 11 heteroatoms. The first-order valence-electron chi connectivity index (χ1n) is 20.6. The molecule has 3 saturated heterocycles. The Balaban J connectivity index is 0.000000345. The Labute approximate surface area is 325 Å². The fraction of sp³-hybridized carbons (Fsp3) is 0.721. The van der Waals surface area contributed by atoms with E-state index >= 15 is 0 Å². The molecule has 0 radical (unpaired) electrons. The van der Waals surface area contributed by atoms with Gasteiger partial charge in [0.25, 0.3) is 0 Å². The monoisotopic (exact) mass is 760 g/mol. The van der Waals surface area contributed by atoms with Crippen LogP contribution < -0.4 is 5.32 Å². The zero-order valence-corrected chi connectivity index (χ0v) is 34.0. The van der Waals surface area contributed by atoms with Crippen LogP contribution in [0, 0.1) is 10.8 Å². The maximum atomic E-state index is 10.8. The molecule has 5 rings (SSSR count). The number of rotatable bonds is 15. The molecule has 0 amide bonds. The number of nitrogens with zero attached hydrogens (tertiary/aromatic N) is 2. The van der Waals surface area contributed by atoms with Crippen LogP contribution in [-0.2, 0) is 19.2 Å². The van der Waals surface area contributed by atoms with Crippen molar-refractivity contribution < 1.29 is 39.6 Å². The standard InChI is InChI=1S/C11H23N.C10H21N.2C9H10O4.C4H9N/c1-2-3-4-5-6-9-12-10-7-8-11-12;1-2-3-4-5-8-11-9-6-7-10-11;2*1-9(8(12)13)4-2-3-6(5-9)7(10)11;1-2-4-5-3-1/h2-11H2,1H3;2-10H2,1H3;2*2-4H,5H2,1H3,(H,10,11)(H,12,13);5H,1-4H2. The summed E-state index contributed by atoms with van der Waals surface area (Å²) in [6.45, 7) is 18.3. The van der Waals surface area contributed by atoms with E-state index in [4.69, 9.17) is 20.4 Å². The Morgan fingerprint density at radius 3 is 1.22 bits per heavy atom. The average molecular weight is 760 g/mol. The molecule has 2 unspecified atom stereocenters. The molecule has 54 heavy (non-hydrogen) atoms. The van der Waals surface area contributed by atoms with E-state index in [2.05, 4.69) is 29.0 Å². The Morgan fingerprint density at radius 2 is 0.926 bits per heavy atom. The minimum absolute atomic E-state index is 0.0359. The second-order valence-corrected chi connectivity index (χ2v) is 15.5. The molecule has 0 bridgehead atoms. The number of carbonyl (C=O) groups is 4. The van der Waals surface area contributed by atoms with Gasteiger partial charge in [-0.25, -0.2) is 9.59 Å². The molecule has 5 N–H and O–H groups in total. The summed E-state index contributed by atoms with van der Waals surface area (Å²) in [6.07, 6.45) is 30.2. The predicted octanol–water partition coefficient (Wildman–Crippen LogP) is 8.18. The lowest BCUT2D eigenvalue weighted by molar-refractivity contribution is -0.146. The number of unbranched alkanes of at least 4 members (excludes halogenated alkanes) is 7. The molecule has 11 nitrogen and oxygen atoms in total. The fourth-order valence-electron chi connectivity index (χ4n) is 6.71. The summed E-state index contributed by atoms with van der Waals surface area (Å²) < 4.78 is 0. The molecule has 0 aromatic heterocycles. The summed E-state index contributed by atoms with van der Waals surface area (Å²) in [5.74, 6) is -4.13. The van der Waals surface area contributed by atoms with Crippen LogP contribution in [0.15, 0.2) is 47.6 Å². The van der Waals surface area contributed by atoms with Gasteiger partial charge in [-0.05, 0) is 130 Å². The summed E-state index contributed by atoms with van der Waals surface area (Å²) >= 11 is 0. The zero-order chi connectivity index (χ0) is 40.2. The second-order valence-electron chi connectivity index (χ2n) is 15.5. The Bertz CT molecular complexity index is 1160. The van der Waals surface area contributed by atoms with E-state index in [9.17, 15) is 19.2 Å². The largest absolute Gasteiger partial charge is 0.481 e. The molecule has 0 spiro atoms. The second kappa shape index (κ2) is 28.2. The van der Waals surface area contributed by atoms with E-state index in [0.29, 0.717) is 0 Å². The van der Waals surface area contributed by atoms with Crippen LogP contribution in [-0.4, -0.2) is 106 Å². The fourth-order valence-corrected chi connectivity index (χ4v) is 6.71. The molecular formula is C43H73N3O8. The normalized spacial score (nSPS) is 23.2. The number of carboxylic acid groups (broad SMARTS) is 4. The van der Waals surface area contributed by atoms with E-state index in [-0.39, 0.29) is 24.0 Å². The molecule has 3 heterocycles. The number of nitrogens with one attached hydrogen (secondary N) is 1. The van der Waals surface area contributed by atoms with Crippen molar-refractivity contribution in [3.63, 3.8) is 0 Å². The van der Waals surface area contributed by atoms with Crippen LogP contribution in [0.2, 0.25) is 0 Å². The third-order valence-electron chi connectivity index (χ3n) is 10.4. The average Bonchev–Trinajstić information content (AvgIpc) is 3.98. The summed E-state index contributed by atoms with van der Waals surface area (Å²) in [7, 11) is 0. The van der Waals surface area contributed by atoms with Crippen molar-refractivity contribution in [2.45, 2.75) is 137 Å². The molecule has 0 aromatic carbocycles. The van der Waals surface area contributed by atoms with Crippen LogP contribution in [0.4, 0.5) is 0 Å². The third kappa shape index (κ3) is 21.0. The number of likely N-dealkylation sites (tertiary alicyclic amines) is 2. The van der Waals surface area contributed by atoms with Gasteiger partial charge in [0.2, 0.25) is 0 Å². The lowest BCUT2D eigenvalue weighted by Crippen LogP contribution is -2.28. The molecule has 0 aromatic rings. The number of allylic oxidation sites excluding steroid dienone is 4. The number of carboxylic acids is 4. The van der Waals surface area contributed by atoms with Gasteiger partial charge in [-0.1, -0.05) is 95.2 Å². The van der Waals surface area contributed by atoms with Crippen molar-refractivity contribution in [3.05, 3.63) is 47.6 Å². The van der Waals surface area contributed by atoms with E-state index in [1.165, 1.54) is 199 Å². The van der Waals surface area contributed by atoms with Crippen molar-refractivity contribution >= 4 is 23.9 Å². The molecule has 5 aliphatic rings. The van der Waals surface area contributed by atoms with Crippen LogP contribution >= 0.6 is 0 Å². The number of hydrogen-bond donors (Lipinski definition) is 5. The van der Waals surface area contributed by atoms with E-state index < -0.39 is 34.7 Å². The van der Waals surface area contributed by atoms with Gasteiger partial charge in [-0.15, -0.1) is 0 Å². The number of hydrogen-bond acceptors (Lipinski definition) is 7. The first kappa shape index (κ1) is 48.7. The van der Waals surface area contributed by atoms with E-state index in [1.807, 2.05) is 0 Å². The quantitative estimate of drug-likeness (QED) is 0.102. The zero-order valence-electron chi connectivity index (χ0n) is 34.0. The van der Waals surface area contributed by atoms with E-state index in [0.717, 1.165) is 0 Å². The first-order valence-corrected chi connectivity index (χ1v) is 20.6. The lowest BCUT2D eigenvalue weighted by atomic mass is 9.80. The molecule has 308 valence electrons. The van der Waals surface area contributed by atoms with Gasteiger partial charge in [0.1, 0.15) is 0 Å². The summed E-state index contributed by atoms with van der Waals surface area (Å²) in [5, 5.41) is 38.2. The predicted molar refractivity (Wildman–Crippen MR) is 217 cm³/mol. The van der Waals surface area contributed by atoms with Crippen LogP contribution in [0.3, 0.4) is 0 Å². The Morgan fingerprint density at radius 1 is 0.574 bits per heavy atom. The summed E-state index contributed by atoms with van der Waals surface area (Å²) in [6, 6.07) is 0. The van der Waals surface area contributed by atoms with Gasteiger partial charge in [0.05, 0.1) is 10.8 Å². The minimum atomic E-state index is -1.08. The Kier molecular flexibility index (Phi) is 25.4. The molecule has 0 saturated carbocycles. The highest BCUT2D eigenvalue weighted by molar-refractivity contribution is 5.90. The minimum Gasteiger partial charge on any atom is -0.481 e. The maximum Gasteiger partial charge on any atom is 0.331 e. The molecule has 3 aliphatic heterocycles. The molecule has 3 fully saturated rings. The van der Waals surface area contributed by atoms with Crippen molar-refractivity contribution in [1.29, 1.82) is 0 Å². The molecule has 2 atom stereocenters. The Hall–Kier alpha value is -3.28. The van der Waals surface area contributed by atoms with Gasteiger partial charge in [0.15, 0.2) is 0 Å². The van der Waals surface area contributed by atoms with Crippen molar-refractivity contribution in [1.82, 2.24) is 15.1 Å². The van der Waals surface area contributed by atoms with Gasteiger partial charge in [0, 0.05) is 11.1 Å².